The summed E-state index contributed by atoms with van der Waals surface area (Å²) in [7, 11) is 0. The highest BCUT2D eigenvalue weighted by Crippen LogP contribution is 2.18. The molecule has 4 heteroatoms. The van der Waals surface area contributed by atoms with E-state index in [9.17, 15) is 0 Å². The lowest BCUT2D eigenvalue weighted by Gasteiger charge is -2.24. The van der Waals surface area contributed by atoms with Gasteiger partial charge >= 0.3 is 0 Å². The van der Waals surface area contributed by atoms with Gasteiger partial charge in [-0.2, -0.15) is 5.48 Å². The lowest BCUT2D eigenvalue weighted by Crippen LogP contribution is -2.33. The number of nitrogens with one attached hydrogen (secondary N) is 1. The standard InChI is InChI=1S/C19H24N2O.ClH/c1-3-9-17(10-4-1)16-22-20-19(15-21-13-7-8-14-21)18-11-5-2-6-12-18;/h1-6,9-12,19-20H,7-8,13-16H2;1H/t19-;/m1./s1. The molecule has 1 saturated heterocycles. The molecule has 0 spiro atoms. The second-order valence-electron chi connectivity index (χ2n) is 5.86. The number of hydrogen-bond acceptors (Lipinski definition) is 3. The van der Waals surface area contributed by atoms with Gasteiger partial charge < -0.3 is 4.90 Å². The van der Waals surface area contributed by atoms with Crippen molar-refractivity contribution in [1.82, 2.24) is 10.4 Å². The minimum Gasteiger partial charge on any atom is -0.301 e. The minimum absolute atomic E-state index is 0. The molecule has 0 radical (unpaired) electrons. The second-order valence-corrected chi connectivity index (χ2v) is 5.86. The van der Waals surface area contributed by atoms with E-state index in [-0.39, 0.29) is 18.4 Å². The molecule has 1 atom stereocenters. The van der Waals surface area contributed by atoms with Gasteiger partial charge in [0.2, 0.25) is 0 Å². The monoisotopic (exact) mass is 332 g/mol. The number of likely N-dealkylation sites (tertiary alicyclic amines) is 1. The van der Waals surface area contributed by atoms with Crippen LogP contribution in [-0.2, 0) is 11.4 Å². The van der Waals surface area contributed by atoms with Crippen LogP contribution < -0.4 is 5.48 Å². The van der Waals surface area contributed by atoms with Crippen LogP contribution in [-0.4, -0.2) is 24.5 Å². The van der Waals surface area contributed by atoms with E-state index in [0.717, 1.165) is 6.54 Å². The van der Waals surface area contributed by atoms with Crippen LogP contribution >= 0.6 is 12.4 Å². The quantitative estimate of drug-likeness (QED) is 0.776. The molecular formula is C19H25ClN2O. The zero-order valence-corrected chi connectivity index (χ0v) is 14.2. The third kappa shape index (κ3) is 5.63. The molecule has 1 N–H and O–H groups in total. The van der Waals surface area contributed by atoms with Crippen LogP contribution in [0, 0.1) is 0 Å². The Morgan fingerprint density at radius 3 is 2.17 bits per heavy atom. The van der Waals surface area contributed by atoms with Gasteiger partial charge in [-0.1, -0.05) is 60.7 Å². The predicted octanol–water partition coefficient (Wildman–Crippen LogP) is 3.97. The second kappa shape index (κ2) is 9.68. The minimum atomic E-state index is 0. The van der Waals surface area contributed by atoms with Crippen molar-refractivity contribution in [2.45, 2.75) is 25.5 Å². The summed E-state index contributed by atoms with van der Waals surface area (Å²) >= 11 is 0. The van der Waals surface area contributed by atoms with Gasteiger partial charge in [-0.3, -0.25) is 4.84 Å². The molecule has 3 rings (SSSR count). The molecule has 0 amide bonds. The van der Waals surface area contributed by atoms with E-state index >= 15 is 0 Å². The van der Waals surface area contributed by atoms with Gasteiger partial charge in [-0.15, -0.1) is 12.4 Å². The Balaban J connectivity index is 0.00000192. The highest BCUT2D eigenvalue weighted by atomic mass is 35.5. The fraction of sp³-hybridized carbons (Fsp3) is 0.368. The van der Waals surface area contributed by atoms with Gasteiger partial charge in [0.25, 0.3) is 0 Å². The molecule has 23 heavy (non-hydrogen) atoms. The lowest BCUT2D eigenvalue weighted by molar-refractivity contribution is -0.00392. The van der Waals surface area contributed by atoms with Crippen molar-refractivity contribution in [1.29, 1.82) is 0 Å². The SMILES string of the molecule is Cl.c1ccc(CON[C@H](CN2CCCC2)c2ccccc2)cc1. The Morgan fingerprint density at radius 1 is 0.913 bits per heavy atom. The Labute approximate surface area is 145 Å². The van der Waals surface area contributed by atoms with E-state index in [1.807, 2.05) is 18.2 Å². The van der Waals surface area contributed by atoms with Gasteiger partial charge in [0.05, 0.1) is 12.6 Å². The number of hydrogen-bond donors (Lipinski definition) is 1. The van der Waals surface area contributed by atoms with E-state index in [1.54, 1.807) is 0 Å². The number of nitrogens with zero attached hydrogens (tertiary/aromatic N) is 1. The van der Waals surface area contributed by atoms with Crippen molar-refractivity contribution in [3.05, 3.63) is 71.8 Å². The van der Waals surface area contributed by atoms with Gasteiger partial charge in [-0.05, 0) is 37.1 Å². The van der Waals surface area contributed by atoms with Crippen molar-refractivity contribution in [2.24, 2.45) is 0 Å². The van der Waals surface area contributed by atoms with E-state index in [4.69, 9.17) is 4.84 Å². The molecule has 124 valence electrons. The van der Waals surface area contributed by atoms with Crippen LogP contribution in [0.2, 0.25) is 0 Å². The van der Waals surface area contributed by atoms with Crippen molar-refractivity contribution < 1.29 is 4.84 Å². The molecule has 1 fully saturated rings. The normalized spacial score (nSPS) is 16.0. The van der Waals surface area contributed by atoms with E-state index < -0.39 is 0 Å². The molecule has 1 heterocycles. The third-order valence-electron chi connectivity index (χ3n) is 4.15. The van der Waals surface area contributed by atoms with E-state index in [1.165, 1.54) is 37.1 Å². The Bertz CT molecular complexity index is 544. The maximum absolute atomic E-state index is 5.77. The molecule has 0 saturated carbocycles. The molecule has 3 nitrogen and oxygen atoms in total. The summed E-state index contributed by atoms with van der Waals surface area (Å²) < 4.78 is 0. The van der Waals surface area contributed by atoms with E-state index in [2.05, 4.69) is 52.8 Å². The molecule has 2 aromatic carbocycles. The Morgan fingerprint density at radius 2 is 1.52 bits per heavy atom. The number of hydroxylamine groups is 1. The molecule has 2 aromatic rings. The summed E-state index contributed by atoms with van der Waals surface area (Å²) in [4.78, 5) is 8.28. The van der Waals surface area contributed by atoms with Gasteiger partial charge in [-0.25, -0.2) is 0 Å². The predicted molar refractivity (Wildman–Crippen MR) is 96.5 cm³/mol. The van der Waals surface area contributed by atoms with Gasteiger partial charge in [0.1, 0.15) is 0 Å². The van der Waals surface area contributed by atoms with Crippen molar-refractivity contribution >= 4 is 12.4 Å². The summed E-state index contributed by atoms with van der Waals surface area (Å²) in [5, 5.41) is 0. The van der Waals surface area contributed by atoms with E-state index in [0.29, 0.717) is 6.61 Å². The summed E-state index contributed by atoms with van der Waals surface area (Å²) in [5.74, 6) is 0. The zero-order chi connectivity index (χ0) is 15.0. The topological polar surface area (TPSA) is 24.5 Å². The zero-order valence-electron chi connectivity index (χ0n) is 13.4. The molecule has 0 unspecified atom stereocenters. The van der Waals surface area contributed by atoms with Crippen LogP contribution in [0.5, 0.6) is 0 Å². The molecular weight excluding hydrogens is 308 g/mol. The van der Waals surface area contributed by atoms with Crippen LogP contribution in [0.3, 0.4) is 0 Å². The van der Waals surface area contributed by atoms with Crippen LogP contribution in [0.1, 0.15) is 30.0 Å². The summed E-state index contributed by atoms with van der Waals surface area (Å²) in [5.41, 5.74) is 5.73. The first-order valence-corrected chi connectivity index (χ1v) is 8.10. The number of benzene rings is 2. The van der Waals surface area contributed by atoms with Crippen molar-refractivity contribution in [2.75, 3.05) is 19.6 Å². The summed E-state index contributed by atoms with van der Waals surface area (Å²) in [6.07, 6.45) is 2.62. The molecule has 1 aliphatic rings. The van der Waals surface area contributed by atoms with Crippen LogP contribution in [0.15, 0.2) is 60.7 Å². The largest absolute Gasteiger partial charge is 0.301 e. The maximum Gasteiger partial charge on any atom is 0.0933 e. The Kier molecular flexibility index (Phi) is 7.56. The molecule has 0 bridgehead atoms. The average Bonchev–Trinajstić information content (AvgIpc) is 3.09. The van der Waals surface area contributed by atoms with Crippen LogP contribution in [0.4, 0.5) is 0 Å². The molecule has 1 aliphatic heterocycles. The van der Waals surface area contributed by atoms with Gasteiger partial charge in [0.15, 0.2) is 0 Å². The first-order chi connectivity index (χ1) is 10.9. The average molecular weight is 333 g/mol. The Hall–Kier alpha value is -1.39. The maximum atomic E-state index is 5.77. The van der Waals surface area contributed by atoms with Crippen molar-refractivity contribution in [3.63, 3.8) is 0 Å². The fourth-order valence-electron chi connectivity index (χ4n) is 2.92. The smallest absolute Gasteiger partial charge is 0.0933 e. The summed E-state index contributed by atoms with van der Waals surface area (Å²) in [6, 6.07) is 21.0. The van der Waals surface area contributed by atoms with Crippen LogP contribution in [0.25, 0.3) is 0 Å². The fourth-order valence-corrected chi connectivity index (χ4v) is 2.92. The third-order valence-corrected chi connectivity index (χ3v) is 4.15. The van der Waals surface area contributed by atoms with Crippen molar-refractivity contribution in [3.8, 4) is 0 Å². The highest BCUT2D eigenvalue weighted by molar-refractivity contribution is 5.85. The number of rotatable bonds is 7. The summed E-state index contributed by atoms with van der Waals surface area (Å²) in [6.45, 7) is 3.98. The number of halogens is 1. The molecule has 0 aromatic heterocycles. The van der Waals surface area contributed by atoms with Gasteiger partial charge in [0, 0.05) is 6.54 Å². The molecule has 0 aliphatic carbocycles. The highest BCUT2D eigenvalue weighted by Gasteiger charge is 2.18. The first kappa shape index (κ1) is 18.0. The first-order valence-electron chi connectivity index (χ1n) is 8.10. The lowest BCUT2D eigenvalue weighted by atomic mass is 10.1.